The van der Waals surface area contributed by atoms with Crippen molar-refractivity contribution >= 4 is 61.9 Å². The molecule has 11 heteroatoms. The minimum atomic E-state index is -2.33. The molecule has 110 valence electrons. The van der Waals surface area contributed by atoms with Crippen molar-refractivity contribution in [1.82, 2.24) is 0 Å². The first-order valence-corrected chi connectivity index (χ1v) is 4.58. The monoisotopic (exact) mass is 326 g/mol. The fourth-order valence-corrected chi connectivity index (χ4v) is 0.856. The summed E-state index contributed by atoms with van der Waals surface area (Å²) in [6, 6.07) is 4.64. The Labute approximate surface area is 148 Å². The van der Waals surface area contributed by atoms with Gasteiger partial charge in [-0.3, -0.25) is 0 Å². The zero-order valence-electron chi connectivity index (χ0n) is 10.5. The van der Waals surface area contributed by atoms with Crippen molar-refractivity contribution < 1.29 is 39.6 Å². The van der Waals surface area contributed by atoms with E-state index in [1.165, 1.54) is 24.3 Å². The number of hydrogen-bond acceptors (Lipinski definition) is 6. The molecule has 0 bridgehead atoms. The van der Waals surface area contributed by atoms with Gasteiger partial charge in [-0.25, -0.2) is 14.4 Å². The summed E-state index contributed by atoms with van der Waals surface area (Å²) < 4.78 is 0. The molecule has 0 unspecified atom stereocenters. The fraction of sp³-hybridized carbons (Fsp3) is 0. The van der Waals surface area contributed by atoms with Gasteiger partial charge >= 0.3 is 55.7 Å². The van der Waals surface area contributed by atoms with Crippen molar-refractivity contribution in [1.29, 1.82) is 0 Å². The van der Waals surface area contributed by atoms with Crippen LogP contribution in [0.15, 0.2) is 24.3 Å². The van der Waals surface area contributed by atoms with E-state index in [-0.39, 0.29) is 48.9 Å². The van der Waals surface area contributed by atoms with Crippen LogP contribution in [0, 0.1) is 0 Å². The summed E-state index contributed by atoms with van der Waals surface area (Å²) >= 11 is 0. The number of aromatic carboxylic acids is 2. The summed E-state index contributed by atoms with van der Waals surface area (Å²) in [4.78, 5) is 38.3. The van der Waals surface area contributed by atoms with Crippen molar-refractivity contribution in [2.45, 2.75) is 0 Å². The molecule has 0 aliphatic heterocycles. The molecule has 1 rings (SSSR count). The van der Waals surface area contributed by atoms with Gasteiger partial charge in [-0.2, -0.15) is 0 Å². The van der Waals surface area contributed by atoms with Gasteiger partial charge in [-0.1, -0.05) is 12.1 Å². The van der Waals surface area contributed by atoms with E-state index < -0.39 is 24.1 Å². The van der Waals surface area contributed by atoms with Gasteiger partial charge in [-0.05, 0) is 18.3 Å². The maximum absolute atomic E-state index is 10.5. The number of rotatable bonds is 2. The quantitative estimate of drug-likeness (QED) is 0.418. The van der Waals surface area contributed by atoms with Crippen molar-refractivity contribution in [3.8, 4) is 0 Å². The van der Waals surface area contributed by atoms with Gasteiger partial charge in [-0.15, -0.1) is 0 Å². The number of amides is 2. The first kappa shape index (κ1) is 24.0. The first-order chi connectivity index (χ1) is 9.09. The second-order valence-electron chi connectivity index (χ2n) is 2.81. The van der Waals surface area contributed by atoms with Crippen molar-refractivity contribution in [3.63, 3.8) is 0 Å². The van der Waals surface area contributed by atoms with Gasteiger partial charge in [0.05, 0.1) is 11.1 Å². The smallest absolute Gasteiger partial charge is 0.652 e. The fourth-order valence-electron chi connectivity index (χ4n) is 0.856. The summed E-state index contributed by atoms with van der Waals surface area (Å²) in [5.74, 6) is -2.46. The molecule has 0 atom stereocenters. The molecule has 6 N–H and O–H groups in total. The Morgan fingerprint density at radius 2 is 1.05 bits per heavy atom. The van der Waals surface area contributed by atoms with Crippen LogP contribution in [-0.4, -0.2) is 72.1 Å². The van der Waals surface area contributed by atoms with E-state index in [0.29, 0.717) is 0 Å². The predicted octanol–water partition coefficient (Wildman–Crippen LogP) is -2.72. The largest absolute Gasteiger partial charge is 2.00 e. The van der Waals surface area contributed by atoms with Crippen LogP contribution in [0.25, 0.3) is 0 Å². The maximum atomic E-state index is 10.5. The number of carboxylic acid groups (broad SMARTS) is 4. The topological polar surface area (TPSA) is 207 Å². The van der Waals surface area contributed by atoms with Crippen molar-refractivity contribution in [2.24, 2.45) is 11.5 Å². The van der Waals surface area contributed by atoms with Crippen LogP contribution in [0.3, 0.4) is 0 Å². The molecule has 10 nitrogen and oxygen atoms in total. The minimum absolute atomic E-state index is 0. The molecule has 0 aliphatic rings. The van der Waals surface area contributed by atoms with Crippen molar-refractivity contribution in [2.75, 3.05) is 0 Å². The van der Waals surface area contributed by atoms with E-state index in [4.69, 9.17) is 30.0 Å². The van der Waals surface area contributed by atoms with E-state index >= 15 is 0 Å². The summed E-state index contributed by atoms with van der Waals surface area (Å²) in [6.07, 6.45) is -2.33. The summed E-state index contributed by atoms with van der Waals surface area (Å²) in [7, 11) is 0. The van der Waals surface area contributed by atoms with Crippen LogP contribution in [0.2, 0.25) is 0 Å². The van der Waals surface area contributed by atoms with Crippen molar-refractivity contribution in [3.05, 3.63) is 35.4 Å². The molecule has 0 spiro atoms. The Bertz CT molecular complexity index is 453. The Morgan fingerprint density at radius 1 is 0.857 bits per heavy atom. The average molecular weight is 326 g/mol. The molecular formula is C10H10CaN2O8. The van der Waals surface area contributed by atoms with Crippen LogP contribution >= 0.6 is 0 Å². The number of hydrogen-bond donors (Lipinski definition) is 4. The molecule has 0 aromatic heterocycles. The van der Waals surface area contributed by atoms with Gasteiger partial charge < -0.3 is 36.7 Å². The zero-order valence-corrected chi connectivity index (χ0v) is 12.7. The third-order valence-corrected chi connectivity index (χ3v) is 1.39. The minimum Gasteiger partial charge on any atom is -0.652 e. The molecule has 0 heterocycles. The SMILES string of the molecule is NC(N)=O.O=C(O)c1ccccc1C(=O)O.O=C([O-])[O-].[Ca+2]. The van der Waals surface area contributed by atoms with Crippen LogP contribution in [0.4, 0.5) is 9.59 Å². The van der Waals surface area contributed by atoms with E-state index in [1.54, 1.807) is 0 Å². The number of nitrogens with two attached hydrogens (primary N) is 2. The van der Waals surface area contributed by atoms with Crippen LogP contribution in [-0.2, 0) is 0 Å². The van der Waals surface area contributed by atoms with E-state index in [9.17, 15) is 9.59 Å². The first-order valence-electron chi connectivity index (χ1n) is 4.58. The molecule has 0 aliphatic carbocycles. The molecule has 0 fully saturated rings. The van der Waals surface area contributed by atoms with Gasteiger partial charge in [0.2, 0.25) is 0 Å². The van der Waals surface area contributed by atoms with Crippen LogP contribution in [0.5, 0.6) is 0 Å². The number of urea groups is 1. The van der Waals surface area contributed by atoms with Gasteiger partial charge in [0.1, 0.15) is 0 Å². The normalized spacial score (nSPS) is 7.62. The van der Waals surface area contributed by atoms with Crippen LogP contribution < -0.4 is 21.7 Å². The van der Waals surface area contributed by atoms with E-state index in [1.807, 2.05) is 0 Å². The van der Waals surface area contributed by atoms with E-state index in [2.05, 4.69) is 11.5 Å². The zero-order chi connectivity index (χ0) is 16.3. The molecule has 1 aromatic rings. The van der Waals surface area contributed by atoms with E-state index in [0.717, 1.165) is 0 Å². The Balaban J connectivity index is -0.000000304. The number of carboxylic acids is 2. The van der Waals surface area contributed by atoms with Gasteiger partial charge in [0, 0.05) is 0 Å². The third kappa shape index (κ3) is 15.9. The maximum Gasteiger partial charge on any atom is 2.00 e. The summed E-state index contributed by atoms with van der Waals surface area (Å²) in [5.41, 5.74) is 8.12. The second-order valence-corrected chi connectivity index (χ2v) is 2.81. The number of primary amides is 2. The Hall–Kier alpha value is -2.04. The molecule has 0 saturated carbocycles. The molecule has 0 saturated heterocycles. The molecule has 2 amide bonds. The molecule has 1 aromatic carbocycles. The third-order valence-electron chi connectivity index (χ3n) is 1.39. The number of carbonyl (C=O) groups excluding carboxylic acids is 2. The average Bonchev–Trinajstić information content (AvgIpc) is 2.27. The van der Waals surface area contributed by atoms with Crippen LogP contribution in [0.1, 0.15) is 20.7 Å². The van der Waals surface area contributed by atoms with Gasteiger partial charge in [0.25, 0.3) is 0 Å². The standard InChI is InChI=1S/C8H6O4.CH4N2O.CH2O3.Ca/c9-7(10)5-3-1-2-4-6(5)8(11)12;2*2-1(3)4;/h1-4H,(H,9,10)(H,11,12);(H4,2,3,4);(H2,2,3,4);/q;;;+2/p-2. The summed E-state index contributed by atoms with van der Waals surface area (Å²) in [6.45, 7) is 0. The molecule has 21 heavy (non-hydrogen) atoms. The summed E-state index contributed by atoms with van der Waals surface area (Å²) in [5, 5.41) is 33.8. The number of benzene rings is 1. The Kier molecular flexibility index (Phi) is 14.8. The molecule has 0 radical (unpaired) electrons. The number of carbonyl (C=O) groups is 4. The van der Waals surface area contributed by atoms with Gasteiger partial charge in [0.15, 0.2) is 0 Å². The molecular weight excluding hydrogens is 316 g/mol. The Morgan fingerprint density at radius 3 is 1.19 bits per heavy atom. The predicted molar refractivity (Wildman–Crippen MR) is 65.3 cm³/mol. The second kappa shape index (κ2) is 13.0.